The SMILES string of the molecule is CO[C@@H]1CC[C@H]2OCCN(S(=O)(=O)c3ccccc3F)[C@H]2C1. The van der Waals surface area contributed by atoms with Gasteiger partial charge in [0.1, 0.15) is 10.7 Å². The van der Waals surface area contributed by atoms with Crippen molar-refractivity contribution >= 4 is 10.0 Å². The third-order valence-electron chi connectivity index (χ3n) is 4.48. The minimum absolute atomic E-state index is 0.0151. The molecule has 7 heteroatoms. The summed E-state index contributed by atoms with van der Waals surface area (Å²) in [7, 11) is -2.24. The van der Waals surface area contributed by atoms with Crippen LogP contribution >= 0.6 is 0 Å². The molecule has 0 N–H and O–H groups in total. The Kier molecular flexibility index (Phi) is 4.49. The van der Waals surface area contributed by atoms with E-state index in [0.29, 0.717) is 13.0 Å². The minimum atomic E-state index is -3.87. The smallest absolute Gasteiger partial charge is 0.246 e. The molecule has 0 unspecified atom stereocenters. The van der Waals surface area contributed by atoms with E-state index in [-0.39, 0.29) is 29.7 Å². The molecule has 1 saturated heterocycles. The molecule has 1 aliphatic heterocycles. The van der Waals surface area contributed by atoms with Crippen LogP contribution in [0.3, 0.4) is 0 Å². The lowest BCUT2D eigenvalue weighted by Crippen LogP contribution is -2.56. The third kappa shape index (κ3) is 2.78. The van der Waals surface area contributed by atoms with Gasteiger partial charge in [-0.15, -0.1) is 0 Å². The van der Waals surface area contributed by atoms with Gasteiger partial charge in [-0.05, 0) is 31.4 Å². The molecule has 3 atom stereocenters. The van der Waals surface area contributed by atoms with Crippen LogP contribution in [0.4, 0.5) is 4.39 Å². The molecule has 1 aliphatic carbocycles. The molecule has 5 nitrogen and oxygen atoms in total. The summed E-state index contributed by atoms with van der Waals surface area (Å²) in [5.74, 6) is -0.718. The van der Waals surface area contributed by atoms with Gasteiger partial charge in [-0.1, -0.05) is 12.1 Å². The highest BCUT2D eigenvalue weighted by Gasteiger charge is 2.43. The van der Waals surface area contributed by atoms with Crippen molar-refractivity contribution in [3.63, 3.8) is 0 Å². The number of nitrogens with zero attached hydrogens (tertiary/aromatic N) is 1. The predicted molar refractivity (Wildman–Crippen MR) is 78.5 cm³/mol. The van der Waals surface area contributed by atoms with Crippen LogP contribution in [0.15, 0.2) is 29.2 Å². The Morgan fingerprint density at radius 2 is 2.09 bits per heavy atom. The number of methoxy groups -OCH3 is 1. The van der Waals surface area contributed by atoms with Gasteiger partial charge in [-0.25, -0.2) is 12.8 Å². The molecule has 22 heavy (non-hydrogen) atoms. The van der Waals surface area contributed by atoms with Crippen LogP contribution in [0.2, 0.25) is 0 Å². The summed E-state index contributed by atoms with van der Waals surface area (Å²) >= 11 is 0. The van der Waals surface area contributed by atoms with Gasteiger partial charge >= 0.3 is 0 Å². The van der Waals surface area contributed by atoms with Crippen molar-refractivity contribution in [2.45, 2.75) is 42.4 Å². The number of fused-ring (bicyclic) bond motifs is 1. The highest BCUT2D eigenvalue weighted by molar-refractivity contribution is 7.89. The molecule has 1 aromatic carbocycles. The van der Waals surface area contributed by atoms with Crippen LogP contribution in [0.25, 0.3) is 0 Å². The lowest BCUT2D eigenvalue weighted by Gasteiger charge is -2.44. The van der Waals surface area contributed by atoms with Gasteiger partial charge in [0.05, 0.1) is 24.9 Å². The molecule has 0 amide bonds. The number of hydrogen-bond donors (Lipinski definition) is 0. The molecule has 0 bridgehead atoms. The van der Waals surface area contributed by atoms with Crippen LogP contribution < -0.4 is 0 Å². The van der Waals surface area contributed by atoms with E-state index in [0.717, 1.165) is 12.8 Å². The second-order valence-corrected chi connectivity index (χ2v) is 7.55. The molecule has 3 rings (SSSR count). The number of sulfonamides is 1. The highest BCUT2D eigenvalue weighted by atomic mass is 32.2. The first-order valence-corrected chi connectivity index (χ1v) is 8.89. The van der Waals surface area contributed by atoms with Crippen molar-refractivity contribution in [1.29, 1.82) is 0 Å². The maximum atomic E-state index is 13.9. The Labute approximate surface area is 130 Å². The summed E-state index contributed by atoms with van der Waals surface area (Å²) in [6.45, 7) is 0.584. The predicted octanol–water partition coefficient (Wildman–Crippen LogP) is 1.78. The zero-order valence-corrected chi connectivity index (χ0v) is 13.3. The Hall–Kier alpha value is -1.02. The summed E-state index contributed by atoms with van der Waals surface area (Å²) in [6.07, 6.45) is 2.06. The second-order valence-electron chi connectivity index (χ2n) is 5.69. The van der Waals surface area contributed by atoms with E-state index in [9.17, 15) is 12.8 Å². The van der Waals surface area contributed by atoms with E-state index in [1.165, 1.54) is 28.6 Å². The number of morpholine rings is 1. The largest absolute Gasteiger partial charge is 0.381 e. The number of ether oxygens (including phenoxy) is 2. The number of hydrogen-bond acceptors (Lipinski definition) is 4. The fourth-order valence-corrected chi connectivity index (χ4v) is 5.04. The van der Waals surface area contributed by atoms with Crippen molar-refractivity contribution in [2.75, 3.05) is 20.3 Å². The zero-order valence-electron chi connectivity index (χ0n) is 12.4. The molecule has 1 heterocycles. The summed E-state index contributed by atoms with van der Waals surface area (Å²) in [6, 6.07) is 5.21. The van der Waals surface area contributed by atoms with E-state index >= 15 is 0 Å². The van der Waals surface area contributed by atoms with Gasteiger partial charge in [-0.3, -0.25) is 0 Å². The molecular formula is C15H20FNO4S. The van der Waals surface area contributed by atoms with Gasteiger partial charge in [0, 0.05) is 13.7 Å². The molecule has 1 aromatic rings. The molecule has 0 aromatic heterocycles. The fraction of sp³-hybridized carbons (Fsp3) is 0.600. The topological polar surface area (TPSA) is 55.8 Å². The summed E-state index contributed by atoms with van der Waals surface area (Å²) in [4.78, 5) is -0.268. The average Bonchev–Trinajstić information content (AvgIpc) is 2.54. The minimum Gasteiger partial charge on any atom is -0.381 e. The maximum Gasteiger partial charge on any atom is 0.246 e. The first-order valence-electron chi connectivity index (χ1n) is 7.45. The Morgan fingerprint density at radius 1 is 1.32 bits per heavy atom. The van der Waals surface area contributed by atoms with Gasteiger partial charge in [0.2, 0.25) is 10.0 Å². The molecule has 0 spiro atoms. The van der Waals surface area contributed by atoms with Gasteiger partial charge in [-0.2, -0.15) is 4.31 Å². The first kappa shape index (κ1) is 15.9. The maximum absolute atomic E-state index is 13.9. The number of rotatable bonds is 3. The van der Waals surface area contributed by atoms with Crippen LogP contribution in [-0.2, 0) is 19.5 Å². The third-order valence-corrected chi connectivity index (χ3v) is 6.43. The second kappa shape index (κ2) is 6.23. The van der Waals surface area contributed by atoms with Crippen LogP contribution in [-0.4, -0.2) is 51.2 Å². The van der Waals surface area contributed by atoms with E-state index < -0.39 is 15.8 Å². The quantitative estimate of drug-likeness (QED) is 0.848. The number of benzene rings is 1. The molecule has 0 radical (unpaired) electrons. The fourth-order valence-electron chi connectivity index (χ4n) is 3.33. The summed E-state index contributed by atoms with van der Waals surface area (Å²) in [5.41, 5.74) is 0. The normalized spacial score (nSPS) is 30.0. The van der Waals surface area contributed by atoms with Crippen molar-refractivity contribution in [2.24, 2.45) is 0 Å². The van der Waals surface area contributed by atoms with E-state index in [1.54, 1.807) is 7.11 Å². The molecule has 2 fully saturated rings. The summed E-state index contributed by atoms with van der Waals surface area (Å²) < 4.78 is 52.1. The first-order chi connectivity index (χ1) is 10.5. The molecule has 122 valence electrons. The molecule has 1 saturated carbocycles. The lowest BCUT2D eigenvalue weighted by atomic mass is 9.89. The van der Waals surface area contributed by atoms with Crippen LogP contribution in [0, 0.1) is 5.82 Å². The Bertz CT molecular complexity index is 636. The zero-order chi connectivity index (χ0) is 15.7. The Balaban J connectivity index is 1.93. The van der Waals surface area contributed by atoms with E-state index in [4.69, 9.17) is 9.47 Å². The summed E-state index contributed by atoms with van der Waals surface area (Å²) in [5, 5.41) is 0. The van der Waals surface area contributed by atoms with E-state index in [2.05, 4.69) is 0 Å². The monoisotopic (exact) mass is 329 g/mol. The van der Waals surface area contributed by atoms with Gasteiger partial charge in [0.15, 0.2) is 0 Å². The molecular weight excluding hydrogens is 309 g/mol. The van der Waals surface area contributed by atoms with Gasteiger partial charge in [0.25, 0.3) is 0 Å². The van der Waals surface area contributed by atoms with Crippen molar-refractivity contribution in [1.82, 2.24) is 4.31 Å². The van der Waals surface area contributed by atoms with Crippen molar-refractivity contribution < 1.29 is 22.3 Å². The number of halogens is 1. The van der Waals surface area contributed by atoms with Crippen molar-refractivity contribution in [3.05, 3.63) is 30.1 Å². The van der Waals surface area contributed by atoms with Crippen LogP contribution in [0.5, 0.6) is 0 Å². The van der Waals surface area contributed by atoms with Crippen LogP contribution in [0.1, 0.15) is 19.3 Å². The lowest BCUT2D eigenvalue weighted by molar-refractivity contribution is -0.0883. The Morgan fingerprint density at radius 3 is 2.82 bits per heavy atom. The highest BCUT2D eigenvalue weighted by Crippen LogP contribution is 2.33. The van der Waals surface area contributed by atoms with Gasteiger partial charge < -0.3 is 9.47 Å². The van der Waals surface area contributed by atoms with E-state index in [1.807, 2.05) is 0 Å². The standard InChI is InChI=1S/C15H20FNO4S/c1-20-11-6-7-14-13(10-11)17(8-9-21-14)22(18,19)15-5-3-2-4-12(15)16/h2-5,11,13-14H,6-10H2,1H3/t11-,13+,14-/m1/s1. The molecule has 2 aliphatic rings. The van der Waals surface area contributed by atoms with Crippen molar-refractivity contribution in [3.8, 4) is 0 Å². The average molecular weight is 329 g/mol.